The molecule has 1 amide bonds. The Kier molecular flexibility index (Phi) is 6.87. The Bertz CT molecular complexity index is 1160. The SMILES string of the molecule is CCOc1cc(/C=C2/SC(=Nc3ccccc3)NC2=O)ccc1OCc1ccc(F)cc1. The average molecular weight is 449 g/mol. The number of halogens is 1. The number of nitrogens with zero attached hydrogens (tertiary/aromatic N) is 1. The minimum absolute atomic E-state index is 0.195. The van der Waals surface area contributed by atoms with Crippen LogP contribution in [-0.4, -0.2) is 17.7 Å². The summed E-state index contributed by atoms with van der Waals surface area (Å²) in [4.78, 5) is 17.4. The van der Waals surface area contributed by atoms with Crippen LogP contribution in [0.15, 0.2) is 82.7 Å². The first kappa shape index (κ1) is 21.6. The smallest absolute Gasteiger partial charge is 0.264 e. The number of hydrogen-bond acceptors (Lipinski definition) is 5. The summed E-state index contributed by atoms with van der Waals surface area (Å²) in [5.74, 6) is 0.671. The second-order valence-corrected chi connectivity index (χ2v) is 7.90. The third kappa shape index (κ3) is 5.56. The molecular weight excluding hydrogens is 427 g/mol. The van der Waals surface area contributed by atoms with Gasteiger partial charge in [0.1, 0.15) is 12.4 Å². The van der Waals surface area contributed by atoms with Crippen LogP contribution in [0.4, 0.5) is 10.1 Å². The second kappa shape index (κ2) is 10.2. The first-order valence-electron chi connectivity index (χ1n) is 10.1. The van der Waals surface area contributed by atoms with Crippen molar-refractivity contribution in [1.82, 2.24) is 5.32 Å². The van der Waals surface area contributed by atoms with Crippen molar-refractivity contribution in [3.05, 3.63) is 94.6 Å². The monoisotopic (exact) mass is 448 g/mol. The Balaban J connectivity index is 1.50. The number of thioether (sulfide) groups is 1. The van der Waals surface area contributed by atoms with E-state index in [4.69, 9.17) is 9.47 Å². The molecule has 0 bridgehead atoms. The summed E-state index contributed by atoms with van der Waals surface area (Å²) >= 11 is 1.29. The van der Waals surface area contributed by atoms with E-state index >= 15 is 0 Å². The molecule has 0 aliphatic carbocycles. The minimum Gasteiger partial charge on any atom is -0.490 e. The van der Waals surface area contributed by atoms with Crippen molar-refractivity contribution in [3.63, 3.8) is 0 Å². The number of nitrogens with one attached hydrogen (secondary N) is 1. The summed E-state index contributed by atoms with van der Waals surface area (Å²) in [6.45, 7) is 2.65. The molecule has 32 heavy (non-hydrogen) atoms. The average Bonchev–Trinajstić information content (AvgIpc) is 3.13. The van der Waals surface area contributed by atoms with Crippen LogP contribution >= 0.6 is 11.8 Å². The maximum atomic E-state index is 13.1. The van der Waals surface area contributed by atoms with Crippen molar-refractivity contribution >= 4 is 34.6 Å². The van der Waals surface area contributed by atoms with Crippen molar-refractivity contribution in [1.29, 1.82) is 0 Å². The van der Waals surface area contributed by atoms with Crippen molar-refractivity contribution in [2.45, 2.75) is 13.5 Å². The fourth-order valence-corrected chi connectivity index (χ4v) is 3.84. The van der Waals surface area contributed by atoms with Crippen LogP contribution in [0.1, 0.15) is 18.1 Å². The van der Waals surface area contributed by atoms with Crippen LogP contribution in [0.2, 0.25) is 0 Å². The number of carbonyl (C=O) groups is 1. The number of benzene rings is 3. The van der Waals surface area contributed by atoms with Gasteiger partial charge in [0, 0.05) is 0 Å². The predicted molar refractivity (Wildman–Crippen MR) is 126 cm³/mol. The highest BCUT2D eigenvalue weighted by molar-refractivity contribution is 8.18. The zero-order valence-corrected chi connectivity index (χ0v) is 18.2. The zero-order chi connectivity index (χ0) is 22.3. The molecule has 1 N–H and O–H groups in total. The summed E-state index contributed by atoms with van der Waals surface area (Å²) in [5.41, 5.74) is 2.43. The molecule has 0 radical (unpaired) electrons. The molecule has 1 saturated heterocycles. The summed E-state index contributed by atoms with van der Waals surface area (Å²) in [5, 5.41) is 3.33. The van der Waals surface area contributed by atoms with Gasteiger partial charge >= 0.3 is 0 Å². The molecule has 4 rings (SSSR count). The second-order valence-electron chi connectivity index (χ2n) is 6.87. The normalized spacial score (nSPS) is 15.8. The van der Waals surface area contributed by atoms with E-state index in [0.29, 0.717) is 34.8 Å². The Labute approximate surface area is 190 Å². The fourth-order valence-electron chi connectivity index (χ4n) is 3.00. The van der Waals surface area contributed by atoms with E-state index < -0.39 is 0 Å². The van der Waals surface area contributed by atoms with Gasteiger partial charge in [0.25, 0.3) is 5.91 Å². The fraction of sp³-hybridized carbons (Fsp3) is 0.120. The Morgan fingerprint density at radius 3 is 2.53 bits per heavy atom. The zero-order valence-electron chi connectivity index (χ0n) is 17.4. The standard InChI is InChI=1S/C25H21FN2O3S/c1-2-30-22-14-18(10-13-21(22)31-16-17-8-11-19(26)12-9-17)15-23-24(29)28-25(32-23)27-20-6-4-3-5-7-20/h3-15H,2,16H2,1H3,(H,27,28,29)/b23-15+. The third-order valence-corrected chi connectivity index (χ3v) is 5.42. The third-order valence-electron chi connectivity index (χ3n) is 4.51. The minimum atomic E-state index is -0.285. The maximum absolute atomic E-state index is 13.1. The van der Waals surface area contributed by atoms with Gasteiger partial charge in [-0.05, 0) is 72.3 Å². The molecule has 3 aromatic rings. The Morgan fingerprint density at radius 2 is 1.78 bits per heavy atom. The molecular formula is C25H21FN2O3S. The maximum Gasteiger partial charge on any atom is 0.264 e. The molecule has 3 aromatic carbocycles. The number of amidine groups is 1. The molecule has 1 fully saturated rings. The molecule has 1 heterocycles. The van der Waals surface area contributed by atoms with Gasteiger partial charge in [0.15, 0.2) is 16.7 Å². The van der Waals surface area contributed by atoms with E-state index in [1.165, 1.54) is 23.9 Å². The lowest BCUT2D eigenvalue weighted by atomic mass is 10.2. The first-order valence-corrected chi connectivity index (χ1v) is 10.9. The van der Waals surface area contributed by atoms with E-state index in [-0.39, 0.29) is 11.7 Å². The molecule has 0 aromatic heterocycles. The number of hydrogen-bond donors (Lipinski definition) is 1. The number of para-hydroxylation sites is 1. The summed E-state index contributed by atoms with van der Waals surface area (Å²) in [6, 6.07) is 21.1. The quantitative estimate of drug-likeness (QED) is 0.472. The van der Waals surface area contributed by atoms with E-state index in [9.17, 15) is 9.18 Å². The van der Waals surface area contributed by atoms with E-state index in [1.807, 2.05) is 49.4 Å². The largest absolute Gasteiger partial charge is 0.490 e. The van der Waals surface area contributed by atoms with Crippen LogP contribution in [0.25, 0.3) is 6.08 Å². The molecule has 162 valence electrons. The van der Waals surface area contributed by atoms with E-state index in [0.717, 1.165) is 16.8 Å². The summed E-state index contributed by atoms with van der Waals surface area (Å²) in [7, 11) is 0. The Hall–Kier alpha value is -3.58. The van der Waals surface area contributed by atoms with Crippen LogP contribution < -0.4 is 14.8 Å². The van der Waals surface area contributed by atoms with Gasteiger partial charge in [0.2, 0.25) is 0 Å². The number of carbonyl (C=O) groups excluding carboxylic acids is 1. The van der Waals surface area contributed by atoms with Gasteiger partial charge in [-0.15, -0.1) is 0 Å². The molecule has 7 heteroatoms. The van der Waals surface area contributed by atoms with Crippen LogP contribution in [-0.2, 0) is 11.4 Å². The van der Waals surface area contributed by atoms with E-state index in [1.54, 1.807) is 24.3 Å². The highest BCUT2D eigenvalue weighted by Gasteiger charge is 2.24. The summed E-state index contributed by atoms with van der Waals surface area (Å²) < 4.78 is 24.7. The molecule has 0 saturated carbocycles. The lowest BCUT2D eigenvalue weighted by molar-refractivity contribution is -0.115. The molecule has 1 aliphatic rings. The van der Waals surface area contributed by atoms with Gasteiger partial charge in [-0.3, -0.25) is 4.79 Å². The van der Waals surface area contributed by atoms with Crippen molar-refractivity contribution in [2.75, 3.05) is 6.61 Å². The molecule has 0 atom stereocenters. The highest BCUT2D eigenvalue weighted by atomic mass is 32.2. The van der Waals surface area contributed by atoms with Crippen LogP contribution in [0.3, 0.4) is 0 Å². The number of aliphatic imine (C=N–C) groups is 1. The lowest BCUT2D eigenvalue weighted by Gasteiger charge is -2.13. The van der Waals surface area contributed by atoms with Crippen LogP contribution in [0, 0.1) is 5.82 Å². The number of amides is 1. The van der Waals surface area contributed by atoms with Gasteiger partial charge in [-0.1, -0.05) is 36.4 Å². The van der Waals surface area contributed by atoms with Gasteiger partial charge < -0.3 is 14.8 Å². The number of ether oxygens (including phenoxy) is 2. The lowest BCUT2D eigenvalue weighted by Crippen LogP contribution is -2.19. The first-order chi connectivity index (χ1) is 15.6. The van der Waals surface area contributed by atoms with Gasteiger partial charge in [-0.25, -0.2) is 9.38 Å². The predicted octanol–water partition coefficient (Wildman–Crippen LogP) is 5.70. The topological polar surface area (TPSA) is 59.9 Å². The highest BCUT2D eigenvalue weighted by Crippen LogP contribution is 2.33. The van der Waals surface area contributed by atoms with Crippen molar-refractivity contribution in [3.8, 4) is 11.5 Å². The molecule has 0 spiro atoms. The summed E-state index contributed by atoms with van der Waals surface area (Å²) in [6.07, 6.45) is 1.79. The molecule has 1 aliphatic heterocycles. The van der Waals surface area contributed by atoms with E-state index in [2.05, 4.69) is 10.3 Å². The number of rotatable bonds is 7. The van der Waals surface area contributed by atoms with Gasteiger partial charge in [-0.2, -0.15) is 0 Å². The van der Waals surface area contributed by atoms with Crippen molar-refractivity contribution < 1.29 is 18.7 Å². The Morgan fingerprint density at radius 1 is 1.00 bits per heavy atom. The molecule has 0 unspecified atom stereocenters. The van der Waals surface area contributed by atoms with Crippen LogP contribution in [0.5, 0.6) is 11.5 Å². The van der Waals surface area contributed by atoms with Crippen molar-refractivity contribution in [2.24, 2.45) is 4.99 Å². The van der Waals surface area contributed by atoms with Gasteiger partial charge in [0.05, 0.1) is 17.2 Å². The molecule has 5 nitrogen and oxygen atoms in total.